The molecule has 1 saturated heterocycles. The van der Waals surface area contributed by atoms with Crippen LogP contribution in [0.1, 0.15) is 28.7 Å². The summed E-state index contributed by atoms with van der Waals surface area (Å²) in [4.78, 5) is 37.2. The Morgan fingerprint density at radius 2 is 1.92 bits per heavy atom. The minimum Gasteiger partial charge on any atom is -0.318 e. The number of hydrazine groups is 1. The van der Waals surface area contributed by atoms with Crippen molar-refractivity contribution >= 4 is 17.8 Å². The van der Waals surface area contributed by atoms with Gasteiger partial charge in [0, 0.05) is 7.05 Å². The first-order chi connectivity index (χ1) is 11.3. The number of benzene rings is 1. The zero-order chi connectivity index (χ0) is 17.5. The lowest BCUT2D eigenvalue weighted by atomic mass is 9.92. The smallest absolute Gasteiger partial charge is 0.318 e. The molecule has 1 fully saturated rings. The molecular weight excluding hydrogens is 310 g/mol. The Kier molecular flexibility index (Phi) is 3.59. The number of urea groups is 1. The van der Waals surface area contributed by atoms with E-state index in [9.17, 15) is 14.4 Å². The van der Waals surface area contributed by atoms with Crippen LogP contribution in [0.15, 0.2) is 36.4 Å². The highest BCUT2D eigenvalue weighted by atomic mass is 16.2. The first-order valence-corrected chi connectivity index (χ1v) is 7.37. The summed E-state index contributed by atoms with van der Waals surface area (Å²) in [7, 11) is 1.61. The molecule has 2 N–H and O–H groups in total. The summed E-state index contributed by atoms with van der Waals surface area (Å²) in [5.41, 5.74) is 2.67. The van der Waals surface area contributed by atoms with Gasteiger partial charge in [0.1, 0.15) is 11.2 Å². The second-order valence-corrected chi connectivity index (χ2v) is 5.80. The van der Waals surface area contributed by atoms with Gasteiger partial charge in [-0.25, -0.2) is 4.79 Å². The molecule has 0 aliphatic carbocycles. The van der Waals surface area contributed by atoms with Crippen LogP contribution in [0.25, 0.3) is 0 Å². The largest absolute Gasteiger partial charge is 0.344 e. The minimum absolute atomic E-state index is 0.251. The highest BCUT2D eigenvalue weighted by Gasteiger charge is 2.50. The molecular formula is C16H17N5O3. The Balaban J connectivity index is 1.85. The molecule has 1 aliphatic heterocycles. The van der Waals surface area contributed by atoms with Gasteiger partial charge in [-0.15, -0.1) is 0 Å². The summed E-state index contributed by atoms with van der Waals surface area (Å²) in [5, 5.41) is 7.40. The first-order valence-electron chi connectivity index (χ1n) is 7.37. The number of nitrogens with one attached hydrogen (secondary N) is 2. The van der Waals surface area contributed by atoms with E-state index >= 15 is 0 Å². The van der Waals surface area contributed by atoms with Crippen molar-refractivity contribution in [3.8, 4) is 0 Å². The molecule has 8 heteroatoms. The van der Waals surface area contributed by atoms with Gasteiger partial charge in [0.2, 0.25) is 0 Å². The summed E-state index contributed by atoms with van der Waals surface area (Å²) < 4.78 is 1.39. The zero-order valence-corrected chi connectivity index (χ0v) is 13.5. The van der Waals surface area contributed by atoms with Crippen LogP contribution in [0, 0.1) is 6.92 Å². The van der Waals surface area contributed by atoms with Gasteiger partial charge in [-0.3, -0.25) is 19.7 Å². The monoisotopic (exact) mass is 327 g/mol. The molecule has 2 heterocycles. The molecule has 0 spiro atoms. The lowest BCUT2D eigenvalue weighted by Gasteiger charge is -2.22. The van der Waals surface area contributed by atoms with Crippen molar-refractivity contribution in [2.24, 2.45) is 7.05 Å². The molecule has 2 aromatic rings. The third-order valence-electron chi connectivity index (χ3n) is 3.99. The number of carbonyl (C=O) groups excluding carboxylic acids is 3. The minimum atomic E-state index is -1.23. The molecule has 124 valence electrons. The Morgan fingerprint density at radius 3 is 2.50 bits per heavy atom. The van der Waals surface area contributed by atoms with Crippen molar-refractivity contribution in [3.05, 3.63) is 53.3 Å². The van der Waals surface area contributed by atoms with Crippen molar-refractivity contribution < 1.29 is 14.4 Å². The third-order valence-corrected chi connectivity index (χ3v) is 3.99. The topological polar surface area (TPSA) is 96.3 Å². The van der Waals surface area contributed by atoms with E-state index in [0.29, 0.717) is 16.3 Å². The van der Waals surface area contributed by atoms with Crippen LogP contribution >= 0.6 is 0 Å². The van der Waals surface area contributed by atoms with Crippen molar-refractivity contribution in [1.82, 2.24) is 25.5 Å². The molecule has 1 aromatic carbocycles. The Labute approximate surface area is 138 Å². The van der Waals surface area contributed by atoms with Crippen LogP contribution in [0.3, 0.4) is 0 Å². The second kappa shape index (κ2) is 5.48. The summed E-state index contributed by atoms with van der Waals surface area (Å²) in [5.74, 6) is -1.13. The first kappa shape index (κ1) is 15.7. The number of rotatable bonds is 3. The molecule has 0 saturated carbocycles. The van der Waals surface area contributed by atoms with E-state index in [1.165, 1.54) is 4.68 Å². The van der Waals surface area contributed by atoms with Gasteiger partial charge >= 0.3 is 6.03 Å². The van der Waals surface area contributed by atoms with E-state index in [1.54, 1.807) is 51.2 Å². The normalized spacial score (nSPS) is 20.2. The molecule has 3 rings (SSSR count). The van der Waals surface area contributed by atoms with Crippen molar-refractivity contribution in [1.29, 1.82) is 0 Å². The van der Waals surface area contributed by atoms with E-state index in [0.717, 1.165) is 0 Å². The molecule has 0 radical (unpaired) electrons. The number of hydrogen-bond acceptors (Lipinski definition) is 4. The van der Waals surface area contributed by atoms with E-state index < -0.39 is 23.4 Å². The maximum Gasteiger partial charge on any atom is 0.344 e. The summed E-state index contributed by atoms with van der Waals surface area (Å²) >= 11 is 0. The highest BCUT2D eigenvalue weighted by Crippen LogP contribution is 2.27. The van der Waals surface area contributed by atoms with Crippen molar-refractivity contribution in [3.63, 3.8) is 0 Å². The van der Waals surface area contributed by atoms with Gasteiger partial charge < -0.3 is 5.32 Å². The van der Waals surface area contributed by atoms with Crippen LogP contribution < -0.4 is 10.7 Å². The quantitative estimate of drug-likeness (QED) is 0.817. The van der Waals surface area contributed by atoms with Crippen LogP contribution in [0.5, 0.6) is 0 Å². The van der Waals surface area contributed by atoms with E-state index in [1.807, 2.05) is 6.07 Å². The lowest BCUT2D eigenvalue weighted by Crippen LogP contribution is -2.48. The van der Waals surface area contributed by atoms with Gasteiger partial charge in [0.05, 0.1) is 5.69 Å². The van der Waals surface area contributed by atoms with E-state index in [4.69, 9.17) is 0 Å². The summed E-state index contributed by atoms with van der Waals surface area (Å²) in [6.45, 7) is 3.35. The number of aryl methyl sites for hydroxylation is 2. The van der Waals surface area contributed by atoms with E-state index in [2.05, 4.69) is 15.8 Å². The average molecular weight is 327 g/mol. The molecule has 0 bridgehead atoms. The van der Waals surface area contributed by atoms with Gasteiger partial charge in [0.25, 0.3) is 11.8 Å². The van der Waals surface area contributed by atoms with Gasteiger partial charge in [-0.1, -0.05) is 30.3 Å². The molecule has 8 nitrogen and oxygen atoms in total. The van der Waals surface area contributed by atoms with Crippen molar-refractivity contribution in [2.45, 2.75) is 19.4 Å². The predicted molar refractivity (Wildman–Crippen MR) is 84.6 cm³/mol. The van der Waals surface area contributed by atoms with Crippen LogP contribution in [-0.4, -0.2) is 32.6 Å². The summed E-state index contributed by atoms with van der Waals surface area (Å²) in [6.07, 6.45) is 0. The Bertz CT molecular complexity index is 829. The fourth-order valence-electron chi connectivity index (χ4n) is 2.69. The molecule has 1 atom stereocenters. The fraction of sp³-hybridized carbons (Fsp3) is 0.250. The predicted octanol–water partition coefficient (Wildman–Crippen LogP) is 0.841. The van der Waals surface area contributed by atoms with Gasteiger partial charge in [0.15, 0.2) is 0 Å². The Morgan fingerprint density at radius 1 is 1.25 bits per heavy atom. The molecule has 4 amide bonds. The molecule has 1 aromatic heterocycles. The van der Waals surface area contributed by atoms with Crippen molar-refractivity contribution in [2.75, 3.05) is 0 Å². The summed E-state index contributed by atoms with van der Waals surface area (Å²) in [6, 6.07) is 9.75. The molecule has 1 aliphatic rings. The van der Waals surface area contributed by atoms with Crippen LogP contribution in [-0.2, 0) is 17.4 Å². The Hall–Kier alpha value is -3.16. The number of amides is 4. The maximum atomic E-state index is 12.7. The zero-order valence-electron chi connectivity index (χ0n) is 13.5. The second-order valence-electron chi connectivity index (χ2n) is 5.80. The molecule has 0 unspecified atom stereocenters. The number of nitrogens with zero attached hydrogens (tertiary/aromatic N) is 3. The number of aromatic nitrogens is 2. The van der Waals surface area contributed by atoms with Gasteiger partial charge in [-0.05, 0) is 25.5 Å². The lowest BCUT2D eigenvalue weighted by molar-refractivity contribution is -0.132. The van der Waals surface area contributed by atoms with Crippen LogP contribution in [0.4, 0.5) is 4.79 Å². The third kappa shape index (κ3) is 2.41. The number of hydrogen-bond donors (Lipinski definition) is 2. The molecule has 24 heavy (non-hydrogen) atoms. The number of carbonyl (C=O) groups is 3. The van der Waals surface area contributed by atoms with Gasteiger partial charge in [-0.2, -0.15) is 10.1 Å². The van der Waals surface area contributed by atoms with E-state index in [-0.39, 0.29) is 5.69 Å². The standard InChI is InChI=1S/C16H17N5O3/c1-10-9-12(20(3)18-10)13(22)19-21-14(23)16(2,17-15(21)24)11-7-5-4-6-8-11/h4-9H,1-3H3,(H,17,24)(H,19,22)/t16-/m0/s1. The maximum absolute atomic E-state index is 12.7. The fourth-order valence-corrected chi connectivity index (χ4v) is 2.69. The number of imide groups is 1. The average Bonchev–Trinajstić information content (AvgIpc) is 3.00. The SMILES string of the molecule is Cc1cc(C(=O)NN2C(=O)N[C@@](C)(c3ccccc3)C2=O)n(C)n1. The van der Waals surface area contributed by atoms with Crippen LogP contribution in [0.2, 0.25) is 0 Å². The highest BCUT2D eigenvalue weighted by molar-refractivity contribution is 6.09.